The predicted octanol–water partition coefficient (Wildman–Crippen LogP) is 4.22. The minimum atomic E-state index is -0.275. The van der Waals surface area contributed by atoms with Crippen molar-refractivity contribution >= 4 is 46.4 Å². The summed E-state index contributed by atoms with van der Waals surface area (Å²) < 4.78 is 1.33. The van der Waals surface area contributed by atoms with Crippen molar-refractivity contribution in [1.82, 2.24) is 14.5 Å². The first-order valence-corrected chi connectivity index (χ1v) is 10.8. The number of nitrogens with zero attached hydrogens (tertiary/aromatic N) is 4. The minimum absolute atomic E-state index is 0.0422. The molecule has 0 saturated carbocycles. The largest absolute Gasteiger partial charge is 0.368 e. The van der Waals surface area contributed by atoms with Crippen LogP contribution >= 0.6 is 34.8 Å². The smallest absolute Gasteiger partial charge is 0.254 e. The van der Waals surface area contributed by atoms with Gasteiger partial charge in [0.05, 0.1) is 22.1 Å². The molecule has 1 aliphatic rings. The van der Waals surface area contributed by atoms with E-state index in [-0.39, 0.29) is 18.0 Å². The molecular formula is C22H19Cl3N4O2. The molecule has 2 aromatic carbocycles. The number of carbonyl (C=O) groups is 1. The van der Waals surface area contributed by atoms with Crippen LogP contribution in [-0.2, 0) is 11.3 Å². The maximum absolute atomic E-state index is 12.7. The topological polar surface area (TPSA) is 58.4 Å². The van der Waals surface area contributed by atoms with Crippen molar-refractivity contribution in [1.29, 1.82) is 0 Å². The maximum Gasteiger partial charge on any atom is 0.254 e. The lowest BCUT2D eigenvalue weighted by Gasteiger charge is -2.36. The Morgan fingerprint density at radius 3 is 2.26 bits per heavy atom. The van der Waals surface area contributed by atoms with Crippen molar-refractivity contribution in [2.45, 2.75) is 6.54 Å². The summed E-state index contributed by atoms with van der Waals surface area (Å²) in [6.45, 7) is 2.42. The van der Waals surface area contributed by atoms with Crippen LogP contribution in [0, 0.1) is 0 Å². The highest BCUT2D eigenvalue weighted by atomic mass is 35.5. The Hall–Kier alpha value is -2.54. The first-order valence-electron chi connectivity index (χ1n) is 9.71. The fourth-order valence-electron chi connectivity index (χ4n) is 3.46. The van der Waals surface area contributed by atoms with Crippen LogP contribution in [0.4, 0.5) is 5.69 Å². The van der Waals surface area contributed by atoms with Gasteiger partial charge >= 0.3 is 0 Å². The summed E-state index contributed by atoms with van der Waals surface area (Å²) in [5.41, 5.74) is 2.03. The molecule has 1 amide bonds. The lowest BCUT2D eigenvalue weighted by molar-refractivity contribution is -0.132. The Morgan fingerprint density at radius 2 is 1.61 bits per heavy atom. The van der Waals surface area contributed by atoms with E-state index in [1.165, 1.54) is 17.0 Å². The van der Waals surface area contributed by atoms with Crippen molar-refractivity contribution in [2.75, 3.05) is 31.1 Å². The van der Waals surface area contributed by atoms with Crippen LogP contribution in [0.1, 0.15) is 0 Å². The van der Waals surface area contributed by atoms with E-state index in [0.717, 1.165) is 11.3 Å². The van der Waals surface area contributed by atoms with Gasteiger partial charge in [-0.05, 0) is 30.3 Å². The molecule has 1 aliphatic heterocycles. The number of rotatable bonds is 4. The molecule has 0 unspecified atom stereocenters. The van der Waals surface area contributed by atoms with Gasteiger partial charge in [0.15, 0.2) is 0 Å². The lowest BCUT2D eigenvalue weighted by atomic mass is 10.1. The van der Waals surface area contributed by atoms with Crippen LogP contribution < -0.4 is 10.5 Å². The van der Waals surface area contributed by atoms with Gasteiger partial charge < -0.3 is 9.80 Å². The van der Waals surface area contributed by atoms with Gasteiger partial charge in [-0.1, -0.05) is 46.9 Å². The van der Waals surface area contributed by atoms with Gasteiger partial charge in [0.25, 0.3) is 5.56 Å². The quantitative estimate of drug-likeness (QED) is 0.564. The molecule has 0 spiro atoms. The van der Waals surface area contributed by atoms with E-state index in [4.69, 9.17) is 34.8 Å². The van der Waals surface area contributed by atoms with E-state index in [2.05, 4.69) is 9.88 Å². The van der Waals surface area contributed by atoms with Gasteiger partial charge in [0.2, 0.25) is 5.91 Å². The highest BCUT2D eigenvalue weighted by Crippen LogP contribution is 2.27. The van der Waals surface area contributed by atoms with Crippen LogP contribution in [-0.4, -0.2) is 46.5 Å². The van der Waals surface area contributed by atoms with Crippen molar-refractivity contribution in [3.05, 3.63) is 80.3 Å². The van der Waals surface area contributed by atoms with E-state index in [1.807, 2.05) is 12.1 Å². The van der Waals surface area contributed by atoms with E-state index in [1.54, 1.807) is 35.2 Å². The molecule has 6 nitrogen and oxygen atoms in total. The van der Waals surface area contributed by atoms with Crippen LogP contribution in [0.3, 0.4) is 0 Å². The standard InChI is InChI=1S/C22H19Cl3N4O2/c23-16-3-1-15(2-4-16)20-12-21(30)29(14-26-20)13-22(31)28-9-7-27(8-10-28)17-5-6-18(24)19(25)11-17/h1-6,11-12,14H,7-10,13H2. The Bertz CT molecular complexity index is 1160. The minimum Gasteiger partial charge on any atom is -0.368 e. The van der Waals surface area contributed by atoms with E-state index in [9.17, 15) is 9.59 Å². The first-order chi connectivity index (χ1) is 14.9. The SMILES string of the molecule is O=C(Cn1cnc(-c2ccc(Cl)cc2)cc1=O)N1CCN(c2ccc(Cl)c(Cl)c2)CC1. The summed E-state index contributed by atoms with van der Waals surface area (Å²) in [6, 6.07) is 14.0. The second-order valence-corrected chi connectivity index (χ2v) is 8.46. The van der Waals surface area contributed by atoms with Crippen LogP contribution in [0.25, 0.3) is 11.3 Å². The third-order valence-electron chi connectivity index (χ3n) is 5.23. The van der Waals surface area contributed by atoms with Gasteiger partial charge in [-0.25, -0.2) is 4.98 Å². The molecule has 160 valence electrons. The predicted molar refractivity (Wildman–Crippen MR) is 124 cm³/mol. The zero-order chi connectivity index (χ0) is 22.0. The van der Waals surface area contributed by atoms with Gasteiger partial charge in [0.1, 0.15) is 6.54 Å². The average molecular weight is 478 g/mol. The highest BCUT2D eigenvalue weighted by molar-refractivity contribution is 6.42. The van der Waals surface area contributed by atoms with E-state index < -0.39 is 0 Å². The van der Waals surface area contributed by atoms with E-state index >= 15 is 0 Å². The third kappa shape index (κ3) is 5.03. The monoisotopic (exact) mass is 476 g/mol. The Balaban J connectivity index is 1.38. The molecule has 0 bridgehead atoms. The molecule has 1 fully saturated rings. The number of benzene rings is 2. The Morgan fingerprint density at radius 1 is 0.903 bits per heavy atom. The molecule has 1 aromatic heterocycles. The number of hydrogen-bond donors (Lipinski definition) is 0. The van der Waals surface area contributed by atoms with Gasteiger partial charge in [0, 0.05) is 48.5 Å². The van der Waals surface area contributed by atoms with Crippen molar-refractivity contribution in [3.63, 3.8) is 0 Å². The fraction of sp³-hybridized carbons (Fsp3) is 0.227. The van der Waals surface area contributed by atoms with Crippen LogP contribution in [0.5, 0.6) is 0 Å². The number of amides is 1. The van der Waals surface area contributed by atoms with Crippen molar-refractivity contribution < 1.29 is 4.79 Å². The molecule has 3 aromatic rings. The fourth-order valence-corrected chi connectivity index (χ4v) is 3.88. The number of carbonyl (C=O) groups excluding carboxylic acids is 1. The van der Waals surface area contributed by atoms with Crippen LogP contribution in [0.15, 0.2) is 59.7 Å². The van der Waals surface area contributed by atoms with Gasteiger partial charge in [-0.3, -0.25) is 14.2 Å². The summed E-state index contributed by atoms with van der Waals surface area (Å²) in [5.74, 6) is -0.114. The second-order valence-electron chi connectivity index (χ2n) is 7.21. The van der Waals surface area contributed by atoms with Gasteiger partial charge in [-0.15, -0.1) is 0 Å². The molecular weight excluding hydrogens is 459 g/mol. The molecule has 0 atom stereocenters. The average Bonchev–Trinajstić information content (AvgIpc) is 2.77. The summed E-state index contributed by atoms with van der Waals surface area (Å²) in [5, 5.41) is 1.63. The molecule has 31 heavy (non-hydrogen) atoms. The normalized spacial score (nSPS) is 14.0. The first kappa shape index (κ1) is 21.7. The summed E-state index contributed by atoms with van der Waals surface area (Å²) in [7, 11) is 0. The second kappa shape index (κ2) is 9.30. The van der Waals surface area contributed by atoms with E-state index in [0.29, 0.717) is 46.9 Å². The lowest BCUT2D eigenvalue weighted by Crippen LogP contribution is -2.50. The summed E-state index contributed by atoms with van der Waals surface area (Å²) in [4.78, 5) is 33.4. The third-order valence-corrected chi connectivity index (χ3v) is 6.22. The molecule has 0 aliphatic carbocycles. The number of piperazine rings is 1. The van der Waals surface area contributed by atoms with Gasteiger partial charge in [-0.2, -0.15) is 0 Å². The molecule has 0 radical (unpaired) electrons. The van der Waals surface area contributed by atoms with Crippen molar-refractivity contribution in [2.24, 2.45) is 0 Å². The zero-order valence-electron chi connectivity index (χ0n) is 16.5. The molecule has 9 heteroatoms. The maximum atomic E-state index is 12.7. The van der Waals surface area contributed by atoms with Crippen LogP contribution in [0.2, 0.25) is 15.1 Å². The number of aromatic nitrogens is 2. The zero-order valence-corrected chi connectivity index (χ0v) is 18.7. The number of halogens is 3. The van der Waals surface area contributed by atoms with Crippen molar-refractivity contribution in [3.8, 4) is 11.3 Å². The highest BCUT2D eigenvalue weighted by Gasteiger charge is 2.22. The molecule has 2 heterocycles. The molecule has 1 saturated heterocycles. The summed E-state index contributed by atoms with van der Waals surface area (Å²) >= 11 is 18.0. The number of anilines is 1. The number of hydrogen-bond acceptors (Lipinski definition) is 4. The molecule has 4 rings (SSSR count). The Labute approximate surface area is 194 Å². The molecule has 0 N–H and O–H groups in total. The summed E-state index contributed by atoms with van der Waals surface area (Å²) in [6.07, 6.45) is 1.41. The Kier molecular flexibility index (Phi) is 6.51.